The number of sulfonamides is 1. The van der Waals surface area contributed by atoms with Gasteiger partial charge in [-0.15, -0.1) is 11.8 Å². The molecule has 1 fully saturated rings. The first kappa shape index (κ1) is 16.4. The van der Waals surface area contributed by atoms with Gasteiger partial charge in [-0.2, -0.15) is 4.31 Å². The Kier molecular flexibility index (Phi) is 4.66. The van der Waals surface area contributed by atoms with E-state index >= 15 is 0 Å². The molecule has 2 aromatic rings. The molecule has 0 N–H and O–H groups in total. The highest BCUT2D eigenvalue weighted by Crippen LogP contribution is 2.41. The van der Waals surface area contributed by atoms with Crippen LogP contribution in [0.3, 0.4) is 0 Å². The number of benzene rings is 2. The molecule has 0 aromatic heterocycles. The van der Waals surface area contributed by atoms with Crippen LogP contribution in [0.1, 0.15) is 16.5 Å². The minimum atomic E-state index is -3.49. The van der Waals surface area contributed by atoms with E-state index in [1.807, 2.05) is 43.3 Å². The number of rotatable bonds is 4. The second kappa shape index (κ2) is 6.55. The van der Waals surface area contributed by atoms with E-state index < -0.39 is 10.0 Å². The third-order valence-electron chi connectivity index (χ3n) is 3.88. The summed E-state index contributed by atoms with van der Waals surface area (Å²) in [7, 11) is -1.87. The summed E-state index contributed by atoms with van der Waals surface area (Å²) < 4.78 is 32.6. The predicted molar refractivity (Wildman–Crippen MR) is 93.3 cm³/mol. The number of methoxy groups -OCH3 is 1. The summed E-state index contributed by atoms with van der Waals surface area (Å²) in [4.78, 5) is 0.351. The maximum absolute atomic E-state index is 12.9. The van der Waals surface area contributed by atoms with Crippen molar-refractivity contribution in [2.75, 3.05) is 19.4 Å². The van der Waals surface area contributed by atoms with Crippen molar-refractivity contribution >= 4 is 21.8 Å². The standard InChI is InChI=1S/C17H19NO3S2/c1-13-3-9-16(10-4-13)23(19,20)18-11-12-22-17(18)14-5-7-15(21-2)8-6-14/h3-10,17H,11-12H2,1-2H3/t17-/m0/s1. The van der Waals surface area contributed by atoms with Crippen molar-refractivity contribution in [1.29, 1.82) is 0 Å². The molecule has 122 valence electrons. The van der Waals surface area contributed by atoms with E-state index in [1.54, 1.807) is 35.3 Å². The third kappa shape index (κ3) is 3.24. The van der Waals surface area contributed by atoms with E-state index in [1.165, 1.54) is 0 Å². The first-order chi connectivity index (χ1) is 11.0. The van der Waals surface area contributed by atoms with Gasteiger partial charge in [0.25, 0.3) is 0 Å². The molecule has 0 amide bonds. The molecule has 1 aliphatic heterocycles. The Morgan fingerprint density at radius 1 is 1.09 bits per heavy atom. The maximum Gasteiger partial charge on any atom is 0.244 e. The molecule has 1 heterocycles. The number of hydrogen-bond donors (Lipinski definition) is 0. The fourth-order valence-electron chi connectivity index (χ4n) is 2.58. The Morgan fingerprint density at radius 3 is 2.35 bits per heavy atom. The van der Waals surface area contributed by atoms with E-state index in [4.69, 9.17) is 4.74 Å². The van der Waals surface area contributed by atoms with Gasteiger partial charge in [0, 0.05) is 12.3 Å². The van der Waals surface area contributed by atoms with Crippen molar-refractivity contribution in [2.24, 2.45) is 0 Å². The Bertz CT molecular complexity index is 770. The van der Waals surface area contributed by atoms with Gasteiger partial charge in [-0.1, -0.05) is 29.8 Å². The molecule has 0 radical (unpaired) electrons. The zero-order valence-corrected chi connectivity index (χ0v) is 14.7. The SMILES string of the molecule is COc1ccc([C@@H]2SCCN2S(=O)(=O)c2ccc(C)cc2)cc1. The fourth-order valence-corrected chi connectivity index (χ4v) is 5.82. The summed E-state index contributed by atoms with van der Waals surface area (Å²) in [6, 6.07) is 14.6. The molecule has 1 saturated heterocycles. The molecule has 6 heteroatoms. The van der Waals surface area contributed by atoms with Crippen molar-refractivity contribution in [1.82, 2.24) is 4.31 Å². The Hall–Kier alpha value is -1.50. The number of ether oxygens (including phenoxy) is 1. The normalized spacial score (nSPS) is 19.0. The first-order valence-electron chi connectivity index (χ1n) is 7.36. The average molecular weight is 349 g/mol. The van der Waals surface area contributed by atoms with Gasteiger partial charge in [-0.05, 0) is 36.8 Å². The van der Waals surface area contributed by atoms with Gasteiger partial charge in [-0.25, -0.2) is 8.42 Å². The van der Waals surface area contributed by atoms with Crippen LogP contribution in [0, 0.1) is 6.92 Å². The van der Waals surface area contributed by atoms with Crippen molar-refractivity contribution in [3.8, 4) is 5.75 Å². The zero-order valence-electron chi connectivity index (χ0n) is 13.1. The molecule has 0 saturated carbocycles. The van der Waals surface area contributed by atoms with Crippen LogP contribution in [-0.2, 0) is 10.0 Å². The lowest BCUT2D eigenvalue weighted by molar-refractivity contribution is 0.413. The van der Waals surface area contributed by atoms with Gasteiger partial charge >= 0.3 is 0 Å². The number of aryl methyl sites for hydroxylation is 1. The quantitative estimate of drug-likeness (QED) is 0.848. The summed E-state index contributed by atoms with van der Waals surface area (Å²) in [6.07, 6.45) is 0. The molecule has 1 aliphatic rings. The summed E-state index contributed by atoms with van der Waals surface area (Å²) in [5, 5.41) is -0.188. The number of nitrogens with zero attached hydrogens (tertiary/aromatic N) is 1. The second-order valence-corrected chi connectivity index (χ2v) is 8.50. The number of hydrogen-bond acceptors (Lipinski definition) is 4. The molecule has 4 nitrogen and oxygen atoms in total. The van der Waals surface area contributed by atoms with E-state index in [0.29, 0.717) is 11.4 Å². The fraction of sp³-hybridized carbons (Fsp3) is 0.294. The first-order valence-corrected chi connectivity index (χ1v) is 9.85. The highest BCUT2D eigenvalue weighted by atomic mass is 32.2. The smallest absolute Gasteiger partial charge is 0.244 e. The molecule has 0 spiro atoms. The van der Waals surface area contributed by atoms with Gasteiger partial charge in [0.1, 0.15) is 5.75 Å². The summed E-state index contributed by atoms with van der Waals surface area (Å²) in [5.41, 5.74) is 2.02. The minimum absolute atomic E-state index is 0.188. The van der Waals surface area contributed by atoms with Crippen LogP contribution < -0.4 is 4.74 Å². The van der Waals surface area contributed by atoms with Crippen molar-refractivity contribution in [3.63, 3.8) is 0 Å². The van der Waals surface area contributed by atoms with Crippen molar-refractivity contribution in [2.45, 2.75) is 17.2 Å². The van der Waals surface area contributed by atoms with Crippen LogP contribution in [0.15, 0.2) is 53.4 Å². The monoisotopic (exact) mass is 349 g/mol. The van der Waals surface area contributed by atoms with Crippen molar-refractivity contribution < 1.29 is 13.2 Å². The van der Waals surface area contributed by atoms with Crippen LogP contribution >= 0.6 is 11.8 Å². The Balaban J connectivity index is 1.92. The highest BCUT2D eigenvalue weighted by Gasteiger charge is 2.36. The second-order valence-electron chi connectivity index (χ2n) is 5.43. The average Bonchev–Trinajstić information content (AvgIpc) is 3.06. The van der Waals surface area contributed by atoms with E-state index in [9.17, 15) is 8.42 Å². The van der Waals surface area contributed by atoms with Crippen LogP contribution in [-0.4, -0.2) is 32.1 Å². The van der Waals surface area contributed by atoms with Gasteiger partial charge in [0.15, 0.2) is 0 Å². The predicted octanol–water partition coefficient (Wildman–Crippen LogP) is 3.44. The minimum Gasteiger partial charge on any atom is -0.497 e. The van der Waals surface area contributed by atoms with E-state index in [2.05, 4.69) is 0 Å². The van der Waals surface area contributed by atoms with E-state index in [0.717, 1.165) is 22.6 Å². The lowest BCUT2D eigenvalue weighted by atomic mass is 10.2. The molecule has 0 bridgehead atoms. The van der Waals surface area contributed by atoms with Crippen LogP contribution in [0.25, 0.3) is 0 Å². The molecular formula is C17H19NO3S2. The lowest BCUT2D eigenvalue weighted by Gasteiger charge is -2.23. The van der Waals surface area contributed by atoms with Gasteiger partial charge in [0.05, 0.1) is 17.4 Å². The molecule has 0 unspecified atom stereocenters. The van der Waals surface area contributed by atoms with Crippen molar-refractivity contribution in [3.05, 3.63) is 59.7 Å². The Morgan fingerprint density at radius 2 is 1.74 bits per heavy atom. The van der Waals surface area contributed by atoms with Gasteiger partial charge in [0.2, 0.25) is 10.0 Å². The van der Waals surface area contributed by atoms with Crippen LogP contribution in [0.5, 0.6) is 5.75 Å². The summed E-state index contributed by atoms with van der Waals surface area (Å²) in [5.74, 6) is 1.56. The lowest BCUT2D eigenvalue weighted by Crippen LogP contribution is -2.30. The van der Waals surface area contributed by atoms with Gasteiger partial charge < -0.3 is 4.74 Å². The molecule has 23 heavy (non-hydrogen) atoms. The molecule has 1 atom stereocenters. The topological polar surface area (TPSA) is 46.6 Å². The highest BCUT2D eigenvalue weighted by molar-refractivity contribution is 8.01. The molecular weight excluding hydrogens is 330 g/mol. The molecule has 3 rings (SSSR count). The molecule has 0 aliphatic carbocycles. The molecule has 2 aromatic carbocycles. The van der Waals surface area contributed by atoms with Gasteiger partial charge in [-0.3, -0.25) is 0 Å². The summed E-state index contributed by atoms with van der Waals surface area (Å²) >= 11 is 1.65. The Labute approximate surface area is 141 Å². The zero-order chi connectivity index (χ0) is 16.4. The maximum atomic E-state index is 12.9. The summed E-state index contributed by atoms with van der Waals surface area (Å²) in [6.45, 7) is 2.47. The van der Waals surface area contributed by atoms with Crippen LogP contribution in [0.4, 0.5) is 0 Å². The third-order valence-corrected chi connectivity index (χ3v) is 7.15. The largest absolute Gasteiger partial charge is 0.497 e. The van der Waals surface area contributed by atoms with E-state index in [-0.39, 0.29) is 5.37 Å². The van der Waals surface area contributed by atoms with Crippen LogP contribution in [0.2, 0.25) is 0 Å². The number of thioether (sulfide) groups is 1.